The molecule has 1 amide bonds. The first-order valence-corrected chi connectivity index (χ1v) is 10.9. The average molecular weight is 417 g/mol. The van der Waals surface area contributed by atoms with E-state index in [1.807, 2.05) is 18.2 Å². The Hall–Kier alpha value is -2.68. The fourth-order valence-electron chi connectivity index (χ4n) is 2.58. The van der Waals surface area contributed by atoms with E-state index in [1.54, 1.807) is 55.0 Å². The van der Waals surface area contributed by atoms with Gasteiger partial charge < -0.3 is 10.1 Å². The third kappa shape index (κ3) is 4.98. The number of nitrogens with one attached hydrogen (secondary N) is 2. The van der Waals surface area contributed by atoms with Gasteiger partial charge in [-0.2, -0.15) is 4.72 Å². The first-order valence-electron chi connectivity index (χ1n) is 8.51. The zero-order valence-electron chi connectivity index (χ0n) is 15.2. The van der Waals surface area contributed by atoms with Gasteiger partial charge in [-0.15, -0.1) is 11.3 Å². The van der Waals surface area contributed by atoms with Crippen LogP contribution in [0.2, 0.25) is 0 Å². The molecule has 8 heteroatoms. The summed E-state index contributed by atoms with van der Waals surface area (Å²) in [5.41, 5.74) is 1.44. The van der Waals surface area contributed by atoms with E-state index >= 15 is 0 Å². The van der Waals surface area contributed by atoms with Crippen LogP contribution in [0, 0.1) is 0 Å². The van der Waals surface area contributed by atoms with Crippen LogP contribution < -0.4 is 14.8 Å². The molecule has 6 nitrogen and oxygen atoms in total. The quantitative estimate of drug-likeness (QED) is 0.591. The SMILES string of the molecule is COc1ccc(CNC(=O)[C@@H](NS(=O)(=O)c2cccs2)c2ccccc2)cc1. The summed E-state index contributed by atoms with van der Waals surface area (Å²) >= 11 is 1.10. The lowest BCUT2D eigenvalue weighted by atomic mass is 10.1. The van der Waals surface area contributed by atoms with Crippen LogP contribution in [0.4, 0.5) is 0 Å². The third-order valence-corrected chi connectivity index (χ3v) is 6.87. The van der Waals surface area contributed by atoms with Crippen LogP contribution in [-0.2, 0) is 21.4 Å². The highest BCUT2D eigenvalue weighted by Gasteiger charge is 2.27. The van der Waals surface area contributed by atoms with Crippen molar-refractivity contribution in [3.05, 3.63) is 83.2 Å². The number of methoxy groups -OCH3 is 1. The normalized spacial score (nSPS) is 12.3. The lowest BCUT2D eigenvalue weighted by Gasteiger charge is -2.18. The summed E-state index contributed by atoms with van der Waals surface area (Å²) in [6.45, 7) is 0.271. The molecular weight excluding hydrogens is 396 g/mol. The van der Waals surface area contributed by atoms with Crippen molar-refractivity contribution in [1.82, 2.24) is 10.0 Å². The summed E-state index contributed by atoms with van der Waals surface area (Å²) in [5, 5.41) is 4.48. The number of hydrogen-bond donors (Lipinski definition) is 2. The number of thiophene rings is 1. The van der Waals surface area contributed by atoms with Crippen molar-refractivity contribution in [2.75, 3.05) is 7.11 Å². The van der Waals surface area contributed by atoms with Crippen molar-refractivity contribution < 1.29 is 17.9 Å². The van der Waals surface area contributed by atoms with Crippen LogP contribution in [0.25, 0.3) is 0 Å². The van der Waals surface area contributed by atoms with E-state index in [0.717, 1.165) is 22.6 Å². The van der Waals surface area contributed by atoms with Crippen LogP contribution in [0.3, 0.4) is 0 Å². The Morgan fingerprint density at radius 2 is 1.75 bits per heavy atom. The molecule has 0 unspecified atom stereocenters. The number of benzene rings is 2. The molecule has 146 valence electrons. The van der Waals surface area contributed by atoms with Gasteiger partial charge in [0.25, 0.3) is 10.0 Å². The van der Waals surface area contributed by atoms with Gasteiger partial charge in [0.15, 0.2) is 0 Å². The van der Waals surface area contributed by atoms with E-state index in [2.05, 4.69) is 10.0 Å². The van der Waals surface area contributed by atoms with Crippen molar-refractivity contribution in [2.45, 2.75) is 16.8 Å². The Balaban J connectivity index is 1.77. The molecule has 0 aliphatic rings. The minimum absolute atomic E-state index is 0.163. The van der Waals surface area contributed by atoms with Crippen molar-refractivity contribution in [2.24, 2.45) is 0 Å². The molecule has 1 aromatic heterocycles. The maximum absolute atomic E-state index is 12.8. The summed E-state index contributed by atoms with van der Waals surface area (Å²) in [7, 11) is -2.23. The average Bonchev–Trinajstić information content (AvgIpc) is 3.27. The van der Waals surface area contributed by atoms with Gasteiger partial charge in [-0.1, -0.05) is 48.5 Å². The maximum Gasteiger partial charge on any atom is 0.251 e. The zero-order chi connectivity index (χ0) is 20.0. The second kappa shape index (κ2) is 9.01. The summed E-state index contributed by atoms with van der Waals surface area (Å²) < 4.78 is 33.1. The van der Waals surface area contributed by atoms with E-state index < -0.39 is 22.0 Å². The highest BCUT2D eigenvalue weighted by Crippen LogP contribution is 2.21. The number of carbonyl (C=O) groups excluding carboxylic acids is 1. The number of hydrogen-bond acceptors (Lipinski definition) is 5. The summed E-state index contributed by atoms with van der Waals surface area (Å²) in [6.07, 6.45) is 0. The molecule has 1 heterocycles. The second-order valence-corrected chi connectivity index (χ2v) is 8.85. The topological polar surface area (TPSA) is 84.5 Å². The number of amides is 1. The molecule has 3 rings (SSSR count). The minimum Gasteiger partial charge on any atom is -0.497 e. The summed E-state index contributed by atoms with van der Waals surface area (Å²) in [5.74, 6) is 0.295. The molecule has 28 heavy (non-hydrogen) atoms. The van der Waals surface area contributed by atoms with Crippen molar-refractivity contribution in [1.29, 1.82) is 0 Å². The molecule has 1 atom stereocenters. The van der Waals surface area contributed by atoms with Crippen LogP contribution >= 0.6 is 11.3 Å². The minimum atomic E-state index is -3.81. The van der Waals surface area contributed by atoms with E-state index in [1.165, 1.54) is 6.07 Å². The first-order chi connectivity index (χ1) is 13.5. The van der Waals surface area contributed by atoms with Gasteiger partial charge in [-0.05, 0) is 34.7 Å². The molecule has 2 N–H and O–H groups in total. The number of rotatable bonds is 8. The second-order valence-electron chi connectivity index (χ2n) is 5.96. The smallest absolute Gasteiger partial charge is 0.251 e. The number of ether oxygens (including phenoxy) is 1. The molecule has 3 aromatic rings. The van der Waals surface area contributed by atoms with Gasteiger partial charge in [0, 0.05) is 6.54 Å². The molecule has 0 saturated carbocycles. The Bertz CT molecular complexity index is 1000. The van der Waals surface area contributed by atoms with Gasteiger partial charge >= 0.3 is 0 Å². The summed E-state index contributed by atoms with van der Waals surface area (Å²) in [6, 6.07) is 18.2. The molecule has 0 fully saturated rings. The molecule has 0 aliphatic heterocycles. The predicted octanol–water partition coefficient (Wildman–Crippen LogP) is 3.09. The largest absolute Gasteiger partial charge is 0.497 e. The van der Waals surface area contributed by atoms with Gasteiger partial charge in [-0.25, -0.2) is 8.42 Å². The van der Waals surface area contributed by atoms with Crippen molar-refractivity contribution >= 4 is 27.3 Å². The molecule has 0 bridgehead atoms. The van der Waals surface area contributed by atoms with E-state index in [9.17, 15) is 13.2 Å². The fourth-order valence-corrected chi connectivity index (χ4v) is 4.78. The first kappa shape index (κ1) is 20.1. The van der Waals surface area contributed by atoms with Crippen LogP contribution in [0.15, 0.2) is 76.3 Å². The molecular formula is C20H20N2O4S2. The van der Waals surface area contributed by atoms with Crippen molar-refractivity contribution in [3.63, 3.8) is 0 Å². The Kier molecular flexibility index (Phi) is 6.45. The molecule has 2 aromatic carbocycles. The van der Waals surface area contributed by atoms with Crippen LogP contribution in [0.5, 0.6) is 5.75 Å². The molecule has 0 radical (unpaired) electrons. The fraction of sp³-hybridized carbons (Fsp3) is 0.150. The van der Waals surface area contributed by atoms with Crippen LogP contribution in [0.1, 0.15) is 17.2 Å². The van der Waals surface area contributed by atoms with E-state index in [4.69, 9.17) is 4.74 Å². The van der Waals surface area contributed by atoms with Gasteiger partial charge in [0.05, 0.1) is 7.11 Å². The Morgan fingerprint density at radius 3 is 2.36 bits per heavy atom. The standard InChI is InChI=1S/C20H20N2O4S2/c1-26-17-11-9-15(10-12-17)14-21-20(23)19(16-6-3-2-4-7-16)22-28(24,25)18-8-5-13-27-18/h2-13,19,22H,14H2,1H3,(H,21,23)/t19-/m0/s1. The molecule has 0 saturated heterocycles. The zero-order valence-corrected chi connectivity index (χ0v) is 16.8. The molecule has 0 aliphatic carbocycles. The van der Waals surface area contributed by atoms with E-state index in [-0.39, 0.29) is 10.8 Å². The number of sulfonamides is 1. The predicted molar refractivity (Wildman–Crippen MR) is 109 cm³/mol. The van der Waals surface area contributed by atoms with Gasteiger partial charge in [-0.3, -0.25) is 4.79 Å². The van der Waals surface area contributed by atoms with E-state index in [0.29, 0.717) is 5.56 Å². The van der Waals surface area contributed by atoms with Gasteiger partial charge in [0.1, 0.15) is 16.0 Å². The summed E-state index contributed by atoms with van der Waals surface area (Å²) in [4.78, 5) is 12.8. The highest BCUT2D eigenvalue weighted by molar-refractivity contribution is 7.91. The number of carbonyl (C=O) groups is 1. The van der Waals surface area contributed by atoms with Crippen LogP contribution in [-0.4, -0.2) is 21.4 Å². The monoisotopic (exact) mass is 416 g/mol. The Labute approximate surface area is 168 Å². The Morgan fingerprint density at radius 1 is 1.04 bits per heavy atom. The van der Waals surface area contributed by atoms with Gasteiger partial charge in [0.2, 0.25) is 5.91 Å². The highest BCUT2D eigenvalue weighted by atomic mass is 32.2. The van der Waals surface area contributed by atoms with Crippen molar-refractivity contribution in [3.8, 4) is 5.75 Å². The lowest BCUT2D eigenvalue weighted by molar-refractivity contribution is -0.123. The third-order valence-electron chi connectivity index (χ3n) is 4.05. The molecule has 0 spiro atoms. The maximum atomic E-state index is 12.8. The lowest BCUT2D eigenvalue weighted by Crippen LogP contribution is -2.40.